The molecule has 2 aromatic carbocycles. The van der Waals surface area contributed by atoms with E-state index in [1.165, 1.54) is 4.31 Å². The number of H-pyrrole nitrogens is 1. The first-order valence-corrected chi connectivity index (χ1v) is 15.7. The van der Waals surface area contributed by atoms with Gasteiger partial charge in [-0.25, -0.2) is 13.2 Å². The van der Waals surface area contributed by atoms with Crippen molar-refractivity contribution >= 4 is 38.7 Å². The number of rotatable bonds is 13. The highest BCUT2D eigenvalue weighted by Gasteiger charge is 2.36. The number of unbranched alkanes of at least 4 members (excludes halogenated alkanes) is 1. The summed E-state index contributed by atoms with van der Waals surface area (Å²) in [6.45, 7) is 2.58. The van der Waals surface area contributed by atoms with E-state index in [1.54, 1.807) is 36.5 Å². The lowest BCUT2D eigenvalue weighted by Gasteiger charge is -2.32. The molecule has 3 aromatic rings. The Kier molecular flexibility index (Phi) is 10.4. The third-order valence-corrected chi connectivity index (χ3v) is 9.87. The molecule has 3 unspecified atom stereocenters. The van der Waals surface area contributed by atoms with Crippen LogP contribution in [0.2, 0.25) is 0 Å². The molecule has 3 atom stereocenters. The maximum atomic E-state index is 13.6. The fraction of sp³-hybridized carbons (Fsp3) is 0.433. The van der Waals surface area contributed by atoms with Crippen molar-refractivity contribution in [3.05, 3.63) is 66.4 Å². The van der Waals surface area contributed by atoms with E-state index in [-0.39, 0.29) is 30.3 Å². The highest BCUT2D eigenvalue weighted by atomic mass is 32.2. The number of benzene rings is 2. The fourth-order valence-corrected chi connectivity index (χ4v) is 6.94. The molecule has 1 fully saturated rings. The molecular formula is C30H39N5O6S. The number of carbonyl (C=O) groups excluding carboxylic acids is 2. The van der Waals surface area contributed by atoms with Crippen molar-refractivity contribution in [2.24, 2.45) is 11.7 Å². The predicted molar refractivity (Wildman–Crippen MR) is 159 cm³/mol. The molecule has 2 heterocycles. The van der Waals surface area contributed by atoms with Crippen LogP contribution in [-0.2, 0) is 24.4 Å². The van der Waals surface area contributed by atoms with Gasteiger partial charge in [-0.3, -0.25) is 9.59 Å². The van der Waals surface area contributed by atoms with Gasteiger partial charge >= 0.3 is 5.97 Å². The van der Waals surface area contributed by atoms with Gasteiger partial charge in [0.15, 0.2) is 0 Å². The molecule has 1 saturated heterocycles. The monoisotopic (exact) mass is 597 g/mol. The Labute approximate surface area is 245 Å². The second-order valence-corrected chi connectivity index (χ2v) is 12.7. The van der Waals surface area contributed by atoms with E-state index < -0.39 is 45.8 Å². The number of fused-ring (bicyclic) bond motifs is 1. The molecule has 226 valence electrons. The highest BCUT2D eigenvalue weighted by Crippen LogP contribution is 2.29. The van der Waals surface area contributed by atoms with Crippen LogP contribution in [0.3, 0.4) is 0 Å². The van der Waals surface area contributed by atoms with Crippen molar-refractivity contribution in [2.75, 3.05) is 19.6 Å². The molecule has 1 aliphatic rings. The van der Waals surface area contributed by atoms with Gasteiger partial charge in [0, 0.05) is 42.0 Å². The summed E-state index contributed by atoms with van der Waals surface area (Å²) in [6.07, 6.45) is 3.77. The number of nitrogens with one attached hydrogen (secondary N) is 3. The molecule has 1 aliphatic heterocycles. The van der Waals surface area contributed by atoms with Crippen LogP contribution in [-0.4, -0.2) is 72.3 Å². The number of carboxylic acids is 1. The number of aromatic nitrogens is 1. The minimum atomic E-state index is -3.67. The summed E-state index contributed by atoms with van der Waals surface area (Å²) in [5.74, 6) is -3.11. The van der Waals surface area contributed by atoms with Crippen LogP contribution in [0.25, 0.3) is 10.9 Å². The molecule has 0 saturated carbocycles. The van der Waals surface area contributed by atoms with Crippen LogP contribution in [0, 0.1) is 5.92 Å². The van der Waals surface area contributed by atoms with E-state index in [1.807, 2.05) is 31.2 Å². The van der Waals surface area contributed by atoms with Gasteiger partial charge in [0.2, 0.25) is 21.8 Å². The summed E-state index contributed by atoms with van der Waals surface area (Å²) in [5, 5.41) is 16.1. The zero-order valence-corrected chi connectivity index (χ0v) is 24.5. The van der Waals surface area contributed by atoms with Gasteiger partial charge < -0.3 is 26.5 Å². The Morgan fingerprint density at radius 2 is 1.69 bits per heavy atom. The lowest BCUT2D eigenvalue weighted by atomic mass is 9.90. The molecular weight excluding hydrogens is 558 g/mol. The molecule has 4 rings (SSSR count). The predicted octanol–water partition coefficient (Wildman–Crippen LogP) is 2.56. The summed E-state index contributed by atoms with van der Waals surface area (Å²) >= 11 is 0. The van der Waals surface area contributed by atoms with Crippen molar-refractivity contribution in [3.8, 4) is 0 Å². The van der Waals surface area contributed by atoms with Crippen molar-refractivity contribution in [1.29, 1.82) is 0 Å². The van der Waals surface area contributed by atoms with Crippen LogP contribution in [0.1, 0.15) is 50.5 Å². The number of nitrogens with zero attached hydrogens (tertiary/aromatic N) is 1. The van der Waals surface area contributed by atoms with E-state index >= 15 is 0 Å². The van der Waals surface area contributed by atoms with Crippen LogP contribution in [0.5, 0.6) is 0 Å². The van der Waals surface area contributed by atoms with Gasteiger partial charge in [-0.2, -0.15) is 4.31 Å². The zero-order chi connectivity index (χ0) is 30.3. The van der Waals surface area contributed by atoms with E-state index in [2.05, 4.69) is 15.6 Å². The lowest BCUT2D eigenvalue weighted by molar-refractivity contribution is -0.142. The molecule has 2 amide bonds. The molecule has 11 nitrogen and oxygen atoms in total. The number of aromatic amines is 1. The molecule has 0 spiro atoms. The molecule has 42 heavy (non-hydrogen) atoms. The molecule has 6 N–H and O–H groups in total. The third kappa shape index (κ3) is 7.18. The molecule has 12 heteroatoms. The highest BCUT2D eigenvalue weighted by molar-refractivity contribution is 7.89. The quantitative estimate of drug-likeness (QED) is 0.188. The first kappa shape index (κ1) is 31.2. The van der Waals surface area contributed by atoms with Crippen molar-refractivity contribution < 1.29 is 27.9 Å². The molecule has 1 aromatic heterocycles. The number of piperidine rings is 1. The Balaban J connectivity index is 1.50. The Bertz CT molecular complexity index is 1480. The Hall–Kier alpha value is -3.74. The third-order valence-electron chi connectivity index (χ3n) is 7.96. The standard InChI is InChI=1S/C30H39N5O6S/c1-20(24-19-32-25-12-6-5-11-23(24)25)27(29(37)33-26(30(38)39)13-7-8-16-31)34-28(36)21-14-17-35(18-15-21)42(40,41)22-9-3-2-4-10-22/h2-6,9-12,19-21,26-27,32H,7-8,13-18,31H2,1H3,(H,33,37)(H,34,36)(H,38,39). The summed E-state index contributed by atoms with van der Waals surface area (Å²) in [4.78, 5) is 42.4. The number of carbonyl (C=O) groups is 3. The number of para-hydroxylation sites is 1. The molecule has 0 radical (unpaired) electrons. The zero-order valence-electron chi connectivity index (χ0n) is 23.7. The van der Waals surface area contributed by atoms with Crippen molar-refractivity contribution in [3.63, 3.8) is 0 Å². The van der Waals surface area contributed by atoms with Crippen molar-refractivity contribution in [2.45, 2.75) is 61.9 Å². The van der Waals surface area contributed by atoms with Crippen LogP contribution in [0.15, 0.2) is 65.7 Å². The number of nitrogens with two attached hydrogens (primary N) is 1. The first-order valence-electron chi connectivity index (χ1n) is 14.3. The minimum Gasteiger partial charge on any atom is -0.480 e. The van der Waals surface area contributed by atoms with Gasteiger partial charge in [-0.05, 0) is 62.4 Å². The van der Waals surface area contributed by atoms with Crippen LogP contribution >= 0.6 is 0 Å². The molecule has 0 bridgehead atoms. The van der Waals surface area contributed by atoms with E-state index in [4.69, 9.17) is 5.73 Å². The summed E-state index contributed by atoms with van der Waals surface area (Å²) in [6, 6.07) is 13.6. The number of hydrogen-bond donors (Lipinski definition) is 5. The fourth-order valence-electron chi connectivity index (χ4n) is 5.45. The van der Waals surface area contributed by atoms with E-state index in [0.717, 1.165) is 16.5 Å². The summed E-state index contributed by atoms with van der Waals surface area (Å²) in [5.41, 5.74) is 7.23. The smallest absolute Gasteiger partial charge is 0.326 e. The van der Waals surface area contributed by atoms with Crippen LogP contribution in [0.4, 0.5) is 0 Å². The number of aliphatic carboxylic acids is 1. The number of carboxylic acid groups (broad SMARTS) is 1. The minimum absolute atomic E-state index is 0.173. The SMILES string of the molecule is CC(c1c[nH]c2ccccc12)C(NC(=O)C1CCN(S(=O)(=O)c2ccccc2)CC1)C(=O)NC(CCCCN)C(=O)O. The van der Waals surface area contributed by atoms with E-state index in [9.17, 15) is 27.9 Å². The van der Waals surface area contributed by atoms with E-state index in [0.29, 0.717) is 32.2 Å². The van der Waals surface area contributed by atoms with Gasteiger partial charge in [0.05, 0.1) is 4.90 Å². The summed E-state index contributed by atoms with van der Waals surface area (Å²) < 4.78 is 27.4. The topological polar surface area (TPSA) is 175 Å². The van der Waals surface area contributed by atoms with Gasteiger partial charge in [-0.1, -0.05) is 43.3 Å². The van der Waals surface area contributed by atoms with Gasteiger partial charge in [0.1, 0.15) is 12.1 Å². The average Bonchev–Trinajstić information content (AvgIpc) is 3.43. The van der Waals surface area contributed by atoms with Crippen molar-refractivity contribution in [1.82, 2.24) is 19.9 Å². The normalized spacial score (nSPS) is 16.9. The summed E-state index contributed by atoms with van der Waals surface area (Å²) in [7, 11) is -3.67. The number of amides is 2. The lowest BCUT2D eigenvalue weighted by Crippen LogP contribution is -2.55. The number of hydrogen-bond acceptors (Lipinski definition) is 6. The molecule has 0 aliphatic carbocycles. The largest absolute Gasteiger partial charge is 0.480 e. The maximum Gasteiger partial charge on any atom is 0.326 e. The second kappa shape index (κ2) is 14.0. The Morgan fingerprint density at radius 3 is 2.36 bits per heavy atom. The first-order chi connectivity index (χ1) is 20.1. The maximum absolute atomic E-state index is 13.6. The van der Waals surface area contributed by atoms with Gasteiger partial charge in [-0.15, -0.1) is 0 Å². The van der Waals surface area contributed by atoms with Crippen LogP contribution < -0.4 is 16.4 Å². The number of sulfonamides is 1. The second-order valence-electron chi connectivity index (χ2n) is 10.7. The van der Waals surface area contributed by atoms with Gasteiger partial charge in [0.25, 0.3) is 0 Å². The average molecular weight is 598 g/mol. The Morgan fingerprint density at radius 1 is 1.02 bits per heavy atom.